The molecular formula is C15H15BrN6O2. The van der Waals surface area contributed by atoms with Gasteiger partial charge >= 0.3 is 6.09 Å². The Morgan fingerprint density at radius 2 is 2.17 bits per heavy atom. The summed E-state index contributed by atoms with van der Waals surface area (Å²) in [7, 11) is 1.59. The van der Waals surface area contributed by atoms with E-state index in [1.54, 1.807) is 13.2 Å². The summed E-state index contributed by atoms with van der Waals surface area (Å²) >= 11 is 3.44. The van der Waals surface area contributed by atoms with Crippen molar-refractivity contribution >= 4 is 44.5 Å². The van der Waals surface area contributed by atoms with E-state index in [9.17, 15) is 4.79 Å². The molecule has 1 aliphatic heterocycles. The smallest absolute Gasteiger partial charge is 0.407 e. The molecule has 1 fully saturated rings. The predicted molar refractivity (Wildman–Crippen MR) is 92.5 cm³/mol. The van der Waals surface area contributed by atoms with Crippen molar-refractivity contribution in [1.82, 2.24) is 24.5 Å². The molecule has 4 heterocycles. The van der Waals surface area contributed by atoms with Crippen molar-refractivity contribution in [3.05, 3.63) is 28.5 Å². The number of hydrogen-bond acceptors (Lipinski definition) is 5. The van der Waals surface area contributed by atoms with Gasteiger partial charge in [0.05, 0.1) is 17.3 Å². The topological polar surface area (TPSA) is 86.9 Å². The quantitative estimate of drug-likeness (QED) is 0.721. The minimum Gasteiger partial charge on any atom is -0.465 e. The molecule has 1 aliphatic rings. The van der Waals surface area contributed by atoms with E-state index in [0.29, 0.717) is 24.7 Å². The fourth-order valence-electron chi connectivity index (χ4n) is 2.92. The van der Waals surface area contributed by atoms with Gasteiger partial charge < -0.3 is 14.9 Å². The van der Waals surface area contributed by atoms with E-state index >= 15 is 0 Å². The molecule has 0 aromatic carbocycles. The first-order valence-corrected chi connectivity index (χ1v) is 8.25. The summed E-state index contributed by atoms with van der Waals surface area (Å²) < 4.78 is 2.69. The van der Waals surface area contributed by atoms with Crippen LogP contribution in [0.3, 0.4) is 0 Å². The molecule has 9 heteroatoms. The first-order chi connectivity index (χ1) is 11.4. The minimum atomic E-state index is -0.919. The molecule has 24 heavy (non-hydrogen) atoms. The number of aryl methyl sites for hydroxylation is 1. The number of anilines is 1. The lowest BCUT2D eigenvalue weighted by Crippen LogP contribution is -2.60. The summed E-state index contributed by atoms with van der Waals surface area (Å²) in [6.45, 7) is 3.11. The second-order valence-electron chi connectivity index (χ2n) is 5.97. The van der Waals surface area contributed by atoms with Crippen molar-refractivity contribution in [2.75, 3.05) is 25.0 Å². The molecule has 0 unspecified atom stereocenters. The van der Waals surface area contributed by atoms with Gasteiger partial charge in [0.2, 0.25) is 5.95 Å². The van der Waals surface area contributed by atoms with Crippen LogP contribution in [0, 0.1) is 6.92 Å². The largest absolute Gasteiger partial charge is 0.465 e. The number of aromatic nitrogens is 4. The molecule has 3 aromatic rings. The van der Waals surface area contributed by atoms with Gasteiger partial charge in [-0.15, -0.1) is 0 Å². The van der Waals surface area contributed by atoms with E-state index in [4.69, 9.17) is 5.11 Å². The molecule has 1 amide bonds. The van der Waals surface area contributed by atoms with Crippen LogP contribution in [0.4, 0.5) is 10.7 Å². The number of carboxylic acid groups (broad SMARTS) is 1. The van der Waals surface area contributed by atoms with Gasteiger partial charge in [0.1, 0.15) is 0 Å². The Kier molecular flexibility index (Phi) is 3.34. The van der Waals surface area contributed by atoms with Crippen molar-refractivity contribution in [3.8, 4) is 0 Å². The van der Waals surface area contributed by atoms with E-state index in [2.05, 4.69) is 31.0 Å². The summed E-state index contributed by atoms with van der Waals surface area (Å²) in [5, 5.41) is 14.5. The number of pyridine rings is 1. The molecule has 124 valence electrons. The van der Waals surface area contributed by atoms with Gasteiger partial charge in [-0.1, -0.05) is 0 Å². The zero-order valence-corrected chi connectivity index (χ0v) is 14.7. The molecule has 0 radical (unpaired) electrons. The van der Waals surface area contributed by atoms with Crippen LogP contribution in [0.5, 0.6) is 0 Å². The maximum absolute atomic E-state index is 11.1. The van der Waals surface area contributed by atoms with Gasteiger partial charge in [0, 0.05) is 36.2 Å². The van der Waals surface area contributed by atoms with Crippen LogP contribution >= 0.6 is 15.9 Å². The van der Waals surface area contributed by atoms with Gasteiger partial charge in [-0.05, 0) is 35.0 Å². The number of halogens is 1. The lowest BCUT2D eigenvalue weighted by molar-refractivity contribution is 0.129. The molecule has 0 spiro atoms. The first kappa shape index (κ1) is 15.1. The van der Waals surface area contributed by atoms with Crippen LogP contribution in [0.25, 0.3) is 16.6 Å². The molecule has 1 N–H and O–H groups in total. The predicted octanol–water partition coefficient (Wildman–Crippen LogP) is 2.15. The van der Waals surface area contributed by atoms with Crippen LogP contribution in [-0.4, -0.2) is 61.9 Å². The fourth-order valence-corrected chi connectivity index (χ4v) is 3.25. The minimum absolute atomic E-state index is 0.0374. The maximum Gasteiger partial charge on any atom is 0.407 e. The van der Waals surface area contributed by atoms with E-state index < -0.39 is 6.09 Å². The number of fused-ring (bicyclic) bond motifs is 3. The third-order valence-corrected chi connectivity index (χ3v) is 4.76. The molecule has 0 aliphatic carbocycles. The van der Waals surface area contributed by atoms with Crippen molar-refractivity contribution in [2.24, 2.45) is 0 Å². The van der Waals surface area contributed by atoms with Gasteiger partial charge in [-0.3, -0.25) is 0 Å². The molecule has 0 saturated carbocycles. The number of hydrogen-bond donors (Lipinski definition) is 1. The lowest BCUT2D eigenvalue weighted by Gasteiger charge is -2.43. The van der Waals surface area contributed by atoms with E-state index in [-0.39, 0.29) is 6.04 Å². The normalized spacial score (nSPS) is 15.0. The van der Waals surface area contributed by atoms with Crippen molar-refractivity contribution in [1.29, 1.82) is 0 Å². The Morgan fingerprint density at radius 1 is 1.42 bits per heavy atom. The number of likely N-dealkylation sites (N-methyl/N-ethyl adjacent to an activating group) is 1. The summed E-state index contributed by atoms with van der Waals surface area (Å²) in [6, 6.07) is 3.94. The Labute approximate surface area is 145 Å². The van der Waals surface area contributed by atoms with Crippen molar-refractivity contribution in [3.63, 3.8) is 0 Å². The number of rotatable bonds is 2. The zero-order chi connectivity index (χ0) is 17.0. The van der Waals surface area contributed by atoms with Gasteiger partial charge in [0.15, 0.2) is 5.65 Å². The Morgan fingerprint density at radius 3 is 2.88 bits per heavy atom. The van der Waals surface area contributed by atoms with Gasteiger partial charge in [-0.25, -0.2) is 9.78 Å². The number of amides is 1. The van der Waals surface area contributed by atoms with E-state index in [1.807, 2.05) is 28.5 Å². The third-order valence-electron chi connectivity index (χ3n) is 4.33. The highest BCUT2D eigenvalue weighted by molar-refractivity contribution is 9.10. The van der Waals surface area contributed by atoms with Crippen LogP contribution in [0.1, 0.15) is 5.69 Å². The highest BCUT2D eigenvalue weighted by atomic mass is 79.9. The second-order valence-corrected chi connectivity index (χ2v) is 6.89. The van der Waals surface area contributed by atoms with Crippen LogP contribution in [-0.2, 0) is 0 Å². The molecule has 1 saturated heterocycles. The zero-order valence-electron chi connectivity index (χ0n) is 13.1. The fraction of sp³-hybridized carbons (Fsp3) is 0.333. The Balaban J connectivity index is 1.78. The Hall–Kier alpha value is -2.42. The third kappa shape index (κ3) is 2.27. The van der Waals surface area contributed by atoms with Crippen molar-refractivity contribution < 1.29 is 9.90 Å². The summed E-state index contributed by atoms with van der Waals surface area (Å²) in [6.07, 6.45) is 0.799. The SMILES string of the molecule is Cc1cc2c3cc(Br)cnc3nc(N3CC(N(C)C(=O)O)C3)n2n1. The lowest BCUT2D eigenvalue weighted by atomic mass is 10.1. The summed E-state index contributed by atoms with van der Waals surface area (Å²) in [4.78, 5) is 23.5. The molecule has 8 nitrogen and oxygen atoms in total. The molecule has 3 aromatic heterocycles. The van der Waals surface area contributed by atoms with Crippen LogP contribution < -0.4 is 4.90 Å². The average Bonchev–Trinajstić information content (AvgIpc) is 2.88. The highest BCUT2D eigenvalue weighted by Crippen LogP contribution is 2.28. The standard InChI is InChI=1S/C15H15BrN6O2/c1-8-3-12-11-4-9(16)5-17-13(11)18-14(22(12)19-8)21-6-10(7-21)20(2)15(23)24/h3-5,10H,6-7H2,1-2H3,(H,23,24). The number of carbonyl (C=O) groups is 1. The molecular weight excluding hydrogens is 376 g/mol. The average molecular weight is 391 g/mol. The van der Waals surface area contributed by atoms with Gasteiger partial charge in [-0.2, -0.15) is 14.6 Å². The molecule has 0 bridgehead atoms. The summed E-state index contributed by atoms with van der Waals surface area (Å²) in [5.41, 5.74) is 2.48. The molecule has 0 atom stereocenters. The second kappa shape index (κ2) is 5.30. The van der Waals surface area contributed by atoms with Crippen LogP contribution in [0.15, 0.2) is 22.8 Å². The van der Waals surface area contributed by atoms with Crippen LogP contribution in [0.2, 0.25) is 0 Å². The summed E-state index contributed by atoms with van der Waals surface area (Å²) in [5.74, 6) is 0.690. The Bertz CT molecular complexity index is 965. The maximum atomic E-state index is 11.1. The first-order valence-electron chi connectivity index (χ1n) is 7.46. The van der Waals surface area contributed by atoms with Gasteiger partial charge in [0.25, 0.3) is 0 Å². The highest BCUT2D eigenvalue weighted by Gasteiger charge is 2.35. The van der Waals surface area contributed by atoms with E-state index in [1.165, 1.54) is 4.90 Å². The number of nitrogens with zero attached hydrogens (tertiary/aromatic N) is 6. The molecule has 4 rings (SSSR count). The van der Waals surface area contributed by atoms with E-state index in [0.717, 1.165) is 21.1 Å². The van der Waals surface area contributed by atoms with Crippen molar-refractivity contribution in [2.45, 2.75) is 13.0 Å². The monoisotopic (exact) mass is 390 g/mol.